The SMILES string of the molecule is CCN(CC(C)C)C(=O)[C@@H]1CNCCO1. The van der Waals surface area contributed by atoms with Gasteiger partial charge in [0.05, 0.1) is 6.61 Å². The van der Waals surface area contributed by atoms with Gasteiger partial charge in [0.1, 0.15) is 6.10 Å². The summed E-state index contributed by atoms with van der Waals surface area (Å²) in [5, 5.41) is 3.18. The average Bonchev–Trinajstić information content (AvgIpc) is 2.26. The van der Waals surface area contributed by atoms with E-state index in [0.29, 0.717) is 19.1 Å². The van der Waals surface area contributed by atoms with Gasteiger partial charge in [-0.05, 0) is 12.8 Å². The highest BCUT2D eigenvalue weighted by molar-refractivity contribution is 5.81. The van der Waals surface area contributed by atoms with Crippen molar-refractivity contribution in [3.8, 4) is 0 Å². The van der Waals surface area contributed by atoms with Crippen molar-refractivity contribution in [3.63, 3.8) is 0 Å². The molecule has 0 unspecified atom stereocenters. The highest BCUT2D eigenvalue weighted by atomic mass is 16.5. The van der Waals surface area contributed by atoms with Crippen LogP contribution < -0.4 is 5.32 Å². The summed E-state index contributed by atoms with van der Waals surface area (Å²) in [6.45, 7) is 9.96. The Labute approximate surface area is 92.0 Å². The normalized spacial score (nSPS) is 21.7. The van der Waals surface area contributed by atoms with E-state index >= 15 is 0 Å². The topological polar surface area (TPSA) is 41.6 Å². The van der Waals surface area contributed by atoms with Crippen LogP contribution in [0.1, 0.15) is 20.8 Å². The second-order valence-corrected chi connectivity index (χ2v) is 4.33. The largest absolute Gasteiger partial charge is 0.366 e. The van der Waals surface area contributed by atoms with Gasteiger partial charge in [-0.25, -0.2) is 0 Å². The lowest BCUT2D eigenvalue weighted by molar-refractivity contribution is -0.145. The lowest BCUT2D eigenvalue weighted by atomic mass is 10.2. The van der Waals surface area contributed by atoms with Crippen LogP contribution in [0.15, 0.2) is 0 Å². The van der Waals surface area contributed by atoms with Crippen LogP contribution in [0.3, 0.4) is 0 Å². The Hall–Kier alpha value is -0.610. The summed E-state index contributed by atoms with van der Waals surface area (Å²) in [5.41, 5.74) is 0. The summed E-state index contributed by atoms with van der Waals surface area (Å²) in [4.78, 5) is 13.9. The van der Waals surface area contributed by atoms with E-state index in [2.05, 4.69) is 19.2 Å². The van der Waals surface area contributed by atoms with E-state index in [4.69, 9.17) is 4.74 Å². The zero-order valence-electron chi connectivity index (χ0n) is 9.95. The minimum Gasteiger partial charge on any atom is -0.366 e. The predicted octanol–water partition coefficient (Wildman–Crippen LogP) is 0.479. The van der Waals surface area contributed by atoms with E-state index in [0.717, 1.165) is 19.6 Å². The smallest absolute Gasteiger partial charge is 0.253 e. The van der Waals surface area contributed by atoms with Gasteiger partial charge in [-0.2, -0.15) is 0 Å². The molecule has 0 spiro atoms. The quantitative estimate of drug-likeness (QED) is 0.740. The van der Waals surface area contributed by atoms with Gasteiger partial charge in [0, 0.05) is 26.2 Å². The molecule has 15 heavy (non-hydrogen) atoms. The van der Waals surface area contributed by atoms with Crippen molar-refractivity contribution in [1.29, 1.82) is 0 Å². The molecule has 0 aromatic carbocycles. The second kappa shape index (κ2) is 6.08. The van der Waals surface area contributed by atoms with Crippen molar-refractivity contribution < 1.29 is 9.53 Å². The van der Waals surface area contributed by atoms with E-state index in [1.807, 2.05) is 11.8 Å². The van der Waals surface area contributed by atoms with Gasteiger partial charge >= 0.3 is 0 Å². The lowest BCUT2D eigenvalue weighted by Gasteiger charge is -2.30. The molecule has 0 aromatic heterocycles. The molecule has 1 atom stereocenters. The molecule has 1 aliphatic rings. The number of carbonyl (C=O) groups is 1. The third-order valence-corrected chi connectivity index (χ3v) is 2.48. The molecule has 1 rings (SSSR count). The molecule has 4 nitrogen and oxygen atoms in total. The first-order valence-corrected chi connectivity index (χ1v) is 5.76. The third kappa shape index (κ3) is 3.80. The van der Waals surface area contributed by atoms with Gasteiger partial charge in [0.15, 0.2) is 0 Å². The first kappa shape index (κ1) is 12.5. The zero-order chi connectivity index (χ0) is 11.3. The third-order valence-electron chi connectivity index (χ3n) is 2.48. The van der Waals surface area contributed by atoms with Crippen molar-refractivity contribution in [1.82, 2.24) is 10.2 Å². The van der Waals surface area contributed by atoms with Gasteiger partial charge < -0.3 is 15.0 Å². The van der Waals surface area contributed by atoms with Gasteiger partial charge in [0.2, 0.25) is 0 Å². The van der Waals surface area contributed by atoms with Gasteiger partial charge in [-0.15, -0.1) is 0 Å². The number of rotatable bonds is 4. The van der Waals surface area contributed by atoms with Crippen molar-refractivity contribution in [2.24, 2.45) is 5.92 Å². The van der Waals surface area contributed by atoms with E-state index in [-0.39, 0.29) is 12.0 Å². The number of carbonyl (C=O) groups excluding carboxylic acids is 1. The van der Waals surface area contributed by atoms with Crippen LogP contribution in [0.5, 0.6) is 0 Å². The molecular weight excluding hydrogens is 192 g/mol. The maximum atomic E-state index is 12.0. The number of nitrogens with zero attached hydrogens (tertiary/aromatic N) is 1. The van der Waals surface area contributed by atoms with Crippen LogP contribution in [0.25, 0.3) is 0 Å². The molecule has 0 saturated carbocycles. The summed E-state index contributed by atoms with van der Waals surface area (Å²) in [7, 11) is 0. The summed E-state index contributed by atoms with van der Waals surface area (Å²) in [6.07, 6.45) is -0.280. The summed E-state index contributed by atoms with van der Waals surface area (Å²) < 4.78 is 5.45. The fourth-order valence-electron chi connectivity index (χ4n) is 1.74. The monoisotopic (exact) mass is 214 g/mol. The minimum atomic E-state index is -0.280. The molecule has 88 valence electrons. The number of likely N-dealkylation sites (N-methyl/N-ethyl adjacent to an activating group) is 1. The Kier molecular flexibility index (Phi) is 5.05. The Morgan fingerprint density at radius 1 is 1.60 bits per heavy atom. The van der Waals surface area contributed by atoms with E-state index in [9.17, 15) is 4.79 Å². The van der Waals surface area contributed by atoms with Gasteiger partial charge in [-0.1, -0.05) is 13.8 Å². The van der Waals surface area contributed by atoms with Crippen molar-refractivity contribution in [3.05, 3.63) is 0 Å². The van der Waals surface area contributed by atoms with Gasteiger partial charge in [-0.3, -0.25) is 4.79 Å². The molecule has 1 aliphatic heterocycles. The Morgan fingerprint density at radius 2 is 2.33 bits per heavy atom. The molecule has 1 N–H and O–H groups in total. The van der Waals surface area contributed by atoms with Crippen LogP contribution in [0.2, 0.25) is 0 Å². The Morgan fingerprint density at radius 3 is 2.80 bits per heavy atom. The molecular formula is C11H22N2O2. The van der Waals surface area contributed by atoms with E-state index in [1.165, 1.54) is 0 Å². The molecule has 0 aliphatic carbocycles. The summed E-state index contributed by atoms with van der Waals surface area (Å²) in [5.74, 6) is 0.629. The van der Waals surface area contributed by atoms with Crippen LogP contribution >= 0.6 is 0 Å². The van der Waals surface area contributed by atoms with Crippen molar-refractivity contribution in [2.45, 2.75) is 26.9 Å². The maximum Gasteiger partial charge on any atom is 0.253 e. The Bertz CT molecular complexity index is 201. The molecule has 4 heteroatoms. The van der Waals surface area contributed by atoms with Crippen molar-refractivity contribution >= 4 is 5.91 Å². The number of morpholine rings is 1. The number of hydrogen-bond acceptors (Lipinski definition) is 3. The lowest BCUT2D eigenvalue weighted by Crippen LogP contribution is -2.50. The van der Waals surface area contributed by atoms with E-state index in [1.54, 1.807) is 0 Å². The van der Waals surface area contributed by atoms with Crippen LogP contribution in [-0.4, -0.2) is 49.7 Å². The zero-order valence-corrected chi connectivity index (χ0v) is 9.95. The molecule has 1 fully saturated rings. The predicted molar refractivity (Wildman–Crippen MR) is 59.7 cm³/mol. The second-order valence-electron chi connectivity index (χ2n) is 4.33. The summed E-state index contributed by atoms with van der Waals surface area (Å²) >= 11 is 0. The fraction of sp³-hybridized carbons (Fsp3) is 0.909. The first-order valence-electron chi connectivity index (χ1n) is 5.76. The number of hydrogen-bond donors (Lipinski definition) is 1. The highest BCUT2D eigenvalue weighted by Crippen LogP contribution is 2.05. The molecule has 1 heterocycles. The standard InChI is InChI=1S/C11H22N2O2/c1-4-13(8-9(2)3)11(14)10-7-12-5-6-15-10/h9-10,12H,4-8H2,1-3H3/t10-/m0/s1. The maximum absolute atomic E-state index is 12.0. The van der Waals surface area contributed by atoms with Crippen LogP contribution in [-0.2, 0) is 9.53 Å². The Balaban J connectivity index is 2.47. The molecule has 1 saturated heterocycles. The molecule has 1 amide bonds. The van der Waals surface area contributed by atoms with Crippen molar-refractivity contribution in [2.75, 3.05) is 32.8 Å². The average molecular weight is 214 g/mol. The number of nitrogens with one attached hydrogen (secondary N) is 1. The number of amides is 1. The fourth-order valence-corrected chi connectivity index (χ4v) is 1.74. The molecule has 0 aromatic rings. The van der Waals surface area contributed by atoms with Gasteiger partial charge in [0.25, 0.3) is 5.91 Å². The first-order chi connectivity index (χ1) is 7.15. The van der Waals surface area contributed by atoms with E-state index < -0.39 is 0 Å². The number of ether oxygens (including phenoxy) is 1. The highest BCUT2D eigenvalue weighted by Gasteiger charge is 2.26. The minimum absolute atomic E-state index is 0.124. The molecule has 0 bridgehead atoms. The van der Waals surface area contributed by atoms with Crippen LogP contribution in [0, 0.1) is 5.92 Å². The molecule has 0 radical (unpaired) electrons. The van der Waals surface area contributed by atoms with Crippen LogP contribution in [0.4, 0.5) is 0 Å². The summed E-state index contributed by atoms with van der Waals surface area (Å²) in [6, 6.07) is 0.